The van der Waals surface area contributed by atoms with Crippen molar-refractivity contribution in [3.8, 4) is 0 Å². The summed E-state index contributed by atoms with van der Waals surface area (Å²) in [5.41, 5.74) is 9.56. The van der Waals surface area contributed by atoms with Crippen LogP contribution in [0.4, 0.5) is 0 Å². The molecule has 0 aromatic heterocycles. The van der Waals surface area contributed by atoms with Crippen LogP contribution in [0.3, 0.4) is 0 Å². The Balaban J connectivity index is 2.70. The average molecular weight is 189 g/mol. The van der Waals surface area contributed by atoms with Crippen molar-refractivity contribution in [2.45, 2.75) is 25.7 Å². The fourth-order valence-electron chi connectivity index (χ4n) is 1.41. The van der Waals surface area contributed by atoms with Gasteiger partial charge in [0.25, 0.3) is 0 Å². The lowest BCUT2D eigenvalue weighted by Crippen LogP contribution is -2.17. The number of rotatable bonds is 4. The van der Waals surface area contributed by atoms with E-state index in [0.29, 0.717) is 6.54 Å². The van der Waals surface area contributed by atoms with Crippen molar-refractivity contribution in [3.63, 3.8) is 0 Å². The highest BCUT2D eigenvalue weighted by Gasteiger charge is 2.18. The Morgan fingerprint density at radius 1 is 1.29 bits per heavy atom. The van der Waals surface area contributed by atoms with Crippen LogP contribution in [0.1, 0.15) is 25.8 Å². The maximum atomic E-state index is 8.19. The molecular formula is C11H15N3. The molecule has 1 aromatic rings. The van der Waals surface area contributed by atoms with E-state index in [0.717, 1.165) is 6.42 Å². The first-order valence-corrected chi connectivity index (χ1v) is 4.73. The minimum absolute atomic E-state index is 0.0788. The summed E-state index contributed by atoms with van der Waals surface area (Å²) in [5.74, 6) is 0. The number of hydrogen-bond donors (Lipinski definition) is 0. The SMILES string of the molecule is CC(C)(CCN=[N+]=[N-])c1ccccc1. The molecule has 0 radical (unpaired) electrons. The van der Waals surface area contributed by atoms with Crippen LogP contribution in [-0.4, -0.2) is 6.54 Å². The van der Waals surface area contributed by atoms with Gasteiger partial charge in [-0.05, 0) is 22.9 Å². The highest BCUT2D eigenvalue weighted by atomic mass is 15.1. The van der Waals surface area contributed by atoms with Crippen molar-refractivity contribution >= 4 is 0 Å². The fraction of sp³-hybridized carbons (Fsp3) is 0.455. The van der Waals surface area contributed by atoms with Crippen molar-refractivity contribution in [2.75, 3.05) is 6.54 Å². The van der Waals surface area contributed by atoms with E-state index >= 15 is 0 Å². The molecule has 1 rings (SSSR count). The summed E-state index contributed by atoms with van der Waals surface area (Å²) >= 11 is 0. The molecule has 0 atom stereocenters. The van der Waals surface area contributed by atoms with Gasteiger partial charge in [-0.1, -0.05) is 49.3 Å². The number of azide groups is 1. The van der Waals surface area contributed by atoms with Crippen LogP contribution in [0.15, 0.2) is 35.4 Å². The summed E-state index contributed by atoms with van der Waals surface area (Å²) in [6.45, 7) is 4.88. The molecule has 14 heavy (non-hydrogen) atoms. The Labute approximate surface area is 84.4 Å². The summed E-state index contributed by atoms with van der Waals surface area (Å²) in [6.07, 6.45) is 0.876. The number of hydrogen-bond acceptors (Lipinski definition) is 1. The van der Waals surface area contributed by atoms with E-state index in [1.165, 1.54) is 5.56 Å². The van der Waals surface area contributed by atoms with Crippen LogP contribution in [0.5, 0.6) is 0 Å². The van der Waals surface area contributed by atoms with E-state index in [1.807, 2.05) is 18.2 Å². The van der Waals surface area contributed by atoms with Gasteiger partial charge in [0.15, 0.2) is 0 Å². The summed E-state index contributed by atoms with van der Waals surface area (Å²) in [6, 6.07) is 10.3. The third kappa shape index (κ3) is 2.79. The Morgan fingerprint density at radius 3 is 2.50 bits per heavy atom. The van der Waals surface area contributed by atoms with Crippen LogP contribution < -0.4 is 0 Å². The number of benzene rings is 1. The number of nitrogens with zero attached hydrogens (tertiary/aromatic N) is 3. The molecule has 0 bridgehead atoms. The molecule has 0 spiro atoms. The van der Waals surface area contributed by atoms with Crippen LogP contribution in [0, 0.1) is 0 Å². The van der Waals surface area contributed by atoms with Crippen molar-refractivity contribution in [1.82, 2.24) is 0 Å². The summed E-state index contributed by atoms with van der Waals surface area (Å²) in [5, 5.41) is 3.56. The van der Waals surface area contributed by atoms with E-state index in [2.05, 4.69) is 36.0 Å². The van der Waals surface area contributed by atoms with Gasteiger partial charge in [0, 0.05) is 11.5 Å². The largest absolute Gasteiger partial charge is 0.0939 e. The van der Waals surface area contributed by atoms with Crippen molar-refractivity contribution in [3.05, 3.63) is 46.3 Å². The van der Waals surface area contributed by atoms with Crippen LogP contribution >= 0.6 is 0 Å². The first-order valence-electron chi connectivity index (χ1n) is 4.73. The Hall–Kier alpha value is -1.47. The van der Waals surface area contributed by atoms with Gasteiger partial charge in [0.1, 0.15) is 0 Å². The van der Waals surface area contributed by atoms with Gasteiger partial charge in [-0.3, -0.25) is 0 Å². The first-order chi connectivity index (χ1) is 6.67. The maximum absolute atomic E-state index is 8.19. The summed E-state index contributed by atoms with van der Waals surface area (Å²) in [4.78, 5) is 2.76. The highest BCUT2D eigenvalue weighted by Crippen LogP contribution is 2.26. The zero-order valence-electron chi connectivity index (χ0n) is 8.64. The molecule has 0 amide bonds. The van der Waals surface area contributed by atoms with Crippen LogP contribution in [0.25, 0.3) is 10.4 Å². The highest BCUT2D eigenvalue weighted by molar-refractivity contribution is 5.23. The van der Waals surface area contributed by atoms with Gasteiger partial charge in [-0.25, -0.2) is 0 Å². The van der Waals surface area contributed by atoms with Gasteiger partial charge in [-0.2, -0.15) is 0 Å². The Kier molecular flexibility index (Phi) is 3.55. The molecular weight excluding hydrogens is 174 g/mol. The predicted octanol–water partition coefficient (Wildman–Crippen LogP) is 3.66. The molecule has 3 heteroatoms. The molecule has 74 valence electrons. The quantitative estimate of drug-likeness (QED) is 0.394. The standard InChI is InChI=1S/C11H15N3/c1-11(2,8-9-13-14-12)10-6-4-3-5-7-10/h3-7H,8-9H2,1-2H3. The van der Waals surface area contributed by atoms with E-state index in [9.17, 15) is 0 Å². The molecule has 0 saturated heterocycles. The molecule has 0 saturated carbocycles. The zero-order valence-corrected chi connectivity index (χ0v) is 8.64. The molecule has 0 N–H and O–H groups in total. The summed E-state index contributed by atoms with van der Waals surface area (Å²) < 4.78 is 0. The van der Waals surface area contributed by atoms with Crippen molar-refractivity contribution < 1.29 is 0 Å². The average Bonchev–Trinajstić information content (AvgIpc) is 2.19. The van der Waals surface area contributed by atoms with E-state index in [4.69, 9.17) is 5.53 Å². The van der Waals surface area contributed by atoms with Gasteiger partial charge in [-0.15, -0.1) is 0 Å². The van der Waals surface area contributed by atoms with Gasteiger partial charge in [0.05, 0.1) is 0 Å². The Morgan fingerprint density at radius 2 is 1.93 bits per heavy atom. The summed E-state index contributed by atoms with van der Waals surface area (Å²) in [7, 11) is 0. The second-order valence-electron chi connectivity index (χ2n) is 3.95. The monoisotopic (exact) mass is 189 g/mol. The second kappa shape index (κ2) is 4.68. The molecule has 0 aliphatic carbocycles. The van der Waals surface area contributed by atoms with Crippen LogP contribution in [-0.2, 0) is 5.41 Å². The van der Waals surface area contributed by atoms with E-state index in [-0.39, 0.29) is 5.41 Å². The predicted molar refractivity (Wildman–Crippen MR) is 58.1 cm³/mol. The van der Waals surface area contributed by atoms with Crippen molar-refractivity contribution in [2.24, 2.45) is 5.11 Å². The third-order valence-corrected chi connectivity index (χ3v) is 2.46. The molecule has 0 aliphatic heterocycles. The van der Waals surface area contributed by atoms with Gasteiger partial charge in [0.2, 0.25) is 0 Å². The van der Waals surface area contributed by atoms with E-state index < -0.39 is 0 Å². The molecule has 0 unspecified atom stereocenters. The molecule has 1 aromatic carbocycles. The molecule has 0 heterocycles. The lowest BCUT2D eigenvalue weighted by molar-refractivity contribution is 0.487. The minimum Gasteiger partial charge on any atom is -0.0939 e. The molecule has 0 aliphatic rings. The van der Waals surface area contributed by atoms with Crippen molar-refractivity contribution in [1.29, 1.82) is 0 Å². The fourth-order valence-corrected chi connectivity index (χ4v) is 1.41. The Bertz CT molecular complexity index is 324. The maximum Gasteiger partial charge on any atom is 0.0266 e. The van der Waals surface area contributed by atoms with Gasteiger partial charge >= 0.3 is 0 Å². The smallest absolute Gasteiger partial charge is 0.0266 e. The lowest BCUT2D eigenvalue weighted by Gasteiger charge is -2.24. The molecule has 3 nitrogen and oxygen atoms in total. The third-order valence-electron chi connectivity index (χ3n) is 2.46. The topological polar surface area (TPSA) is 48.8 Å². The first kappa shape index (κ1) is 10.6. The van der Waals surface area contributed by atoms with Crippen LogP contribution in [0.2, 0.25) is 0 Å². The van der Waals surface area contributed by atoms with Gasteiger partial charge < -0.3 is 0 Å². The zero-order chi connectivity index (χ0) is 10.4. The normalized spacial score (nSPS) is 10.7. The molecule has 0 fully saturated rings. The second-order valence-corrected chi connectivity index (χ2v) is 3.95. The lowest BCUT2D eigenvalue weighted by atomic mass is 9.82. The minimum atomic E-state index is 0.0788. The van der Waals surface area contributed by atoms with E-state index in [1.54, 1.807) is 0 Å².